The summed E-state index contributed by atoms with van der Waals surface area (Å²) in [6, 6.07) is 11.8. The van der Waals surface area contributed by atoms with Crippen LogP contribution in [0.3, 0.4) is 0 Å². The smallest absolute Gasteiger partial charge is 0.277 e. The number of nitrogen functional groups attached to an aromatic ring is 1. The summed E-state index contributed by atoms with van der Waals surface area (Å²) < 4.78 is 11.5. The molecule has 1 aliphatic heterocycles. The molecule has 9 nitrogen and oxygen atoms in total. The summed E-state index contributed by atoms with van der Waals surface area (Å²) in [6.45, 7) is 0.735. The Morgan fingerprint density at radius 3 is 2.68 bits per heavy atom. The Morgan fingerprint density at radius 1 is 1.11 bits per heavy atom. The van der Waals surface area contributed by atoms with Crippen molar-refractivity contribution in [1.82, 2.24) is 15.0 Å². The molecule has 37 heavy (non-hydrogen) atoms. The van der Waals surface area contributed by atoms with Gasteiger partial charge in [-0.15, -0.1) is 0 Å². The molecule has 1 aromatic carbocycles. The van der Waals surface area contributed by atoms with Crippen molar-refractivity contribution in [3.05, 3.63) is 99.7 Å². The van der Waals surface area contributed by atoms with Crippen molar-refractivity contribution in [3.8, 4) is 11.6 Å². The predicted molar refractivity (Wildman–Crippen MR) is 141 cm³/mol. The number of nitrogens with zero attached hydrogens (tertiary/aromatic N) is 4. The van der Waals surface area contributed by atoms with Crippen molar-refractivity contribution in [2.75, 3.05) is 23.8 Å². The normalized spacial score (nSPS) is 12.4. The SMILES string of the molecule is N=C(c1cnc2c(c1)N(C(=O)c1ccccn1)CCO2)c1cc(OCc2c(Cl)cncc2Cl)ccc1N. The summed E-state index contributed by atoms with van der Waals surface area (Å²) in [5.41, 5.74) is 8.94. The standard InChI is InChI=1S/C26H20Cl2N6O3/c27-19-12-31-13-20(28)18(19)14-37-16-4-5-21(29)17(10-16)24(30)15-9-23-25(33-11-15)36-8-7-34(23)26(35)22-3-1-2-6-32-22/h1-6,9-13,30H,7-8,14,29H2. The summed E-state index contributed by atoms with van der Waals surface area (Å²) in [4.78, 5) is 27.1. The van der Waals surface area contributed by atoms with Crippen molar-refractivity contribution in [2.45, 2.75) is 6.61 Å². The molecule has 11 heteroatoms. The zero-order valence-corrected chi connectivity index (χ0v) is 20.8. The lowest BCUT2D eigenvalue weighted by Gasteiger charge is -2.28. The molecule has 0 atom stereocenters. The van der Waals surface area contributed by atoms with Crippen molar-refractivity contribution in [3.63, 3.8) is 0 Å². The van der Waals surface area contributed by atoms with E-state index in [9.17, 15) is 4.79 Å². The maximum Gasteiger partial charge on any atom is 0.277 e. The van der Waals surface area contributed by atoms with Crippen LogP contribution in [0.15, 0.2) is 67.3 Å². The van der Waals surface area contributed by atoms with Gasteiger partial charge in [0, 0.05) is 47.2 Å². The van der Waals surface area contributed by atoms with Crippen LogP contribution in [0.4, 0.5) is 11.4 Å². The number of anilines is 2. The first-order valence-electron chi connectivity index (χ1n) is 11.2. The zero-order chi connectivity index (χ0) is 25.9. The third-order valence-electron chi connectivity index (χ3n) is 5.72. The highest BCUT2D eigenvalue weighted by molar-refractivity contribution is 6.35. The summed E-state index contributed by atoms with van der Waals surface area (Å²) >= 11 is 12.4. The second-order valence-electron chi connectivity index (χ2n) is 8.06. The van der Waals surface area contributed by atoms with Gasteiger partial charge in [0.1, 0.15) is 30.3 Å². The Balaban J connectivity index is 1.42. The molecule has 0 fully saturated rings. The molecule has 5 rings (SSSR count). The molecule has 1 amide bonds. The van der Waals surface area contributed by atoms with E-state index in [0.29, 0.717) is 68.6 Å². The average molecular weight is 535 g/mol. The number of pyridine rings is 3. The van der Waals surface area contributed by atoms with Crippen LogP contribution < -0.4 is 20.1 Å². The molecule has 1 aliphatic rings. The fourth-order valence-electron chi connectivity index (χ4n) is 3.80. The highest BCUT2D eigenvalue weighted by Gasteiger charge is 2.27. The van der Waals surface area contributed by atoms with Crippen LogP contribution >= 0.6 is 23.2 Å². The van der Waals surface area contributed by atoms with Gasteiger partial charge in [0.2, 0.25) is 5.88 Å². The van der Waals surface area contributed by atoms with Gasteiger partial charge in [0.05, 0.1) is 22.3 Å². The van der Waals surface area contributed by atoms with E-state index in [1.807, 2.05) is 0 Å². The van der Waals surface area contributed by atoms with E-state index < -0.39 is 0 Å². The van der Waals surface area contributed by atoms with E-state index >= 15 is 0 Å². The number of nitrogens with two attached hydrogens (primary N) is 1. The van der Waals surface area contributed by atoms with Crippen molar-refractivity contribution >= 4 is 46.2 Å². The molecule has 0 radical (unpaired) electrons. The Kier molecular flexibility index (Phi) is 6.89. The molecule has 0 unspecified atom stereocenters. The summed E-state index contributed by atoms with van der Waals surface area (Å²) in [5.74, 6) is 0.501. The van der Waals surface area contributed by atoms with Gasteiger partial charge in [0.25, 0.3) is 5.91 Å². The fourth-order valence-corrected chi connectivity index (χ4v) is 4.28. The minimum absolute atomic E-state index is 0.106. The molecule has 0 spiro atoms. The molecule has 0 saturated carbocycles. The molecule has 3 N–H and O–H groups in total. The first kappa shape index (κ1) is 24.5. The predicted octanol–water partition coefficient (Wildman–Crippen LogP) is 4.79. The lowest BCUT2D eigenvalue weighted by atomic mass is 10.0. The number of hydrogen-bond acceptors (Lipinski definition) is 8. The van der Waals surface area contributed by atoms with E-state index in [1.54, 1.807) is 53.6 Å². The number of amides is 1. The molecule has 186 valence electrons. The molecule has 0 saturated heterocycles. The van der Waals surface area contributed by atoms with Crippen molar-refractivity contribution in [2.24, 2.45) is 0 Å². The average Bonchev–Trinajstić information content (AvgIpc) is 2.92. The van der Waals surface area contributed by atoms with Gasteiger partial charge in [-0.25, -0.2) is 4.98 Å². The number of benzene rings is 1. The number of fused-ring (bicyclic) bond motifs is 1. The monoisotopic (exact) mass is 534 g/mol. The van der Waals surface area contributed by atoms with E-state index in [1.165, 1.54) is 18.6 Å². The van der Waals surface area contributed by atoms with Crippen LogP contribution in [0, 0.1) is 5.41 Å². The van der Waals surface area contributed by atoms with Gasteiger partial charge in [-0.05, 0) is 36.4 Å². The zero-order valence-electron chi connectivity index (χ0n) is 19.3. The Hall–Kier alpha value is -4.21. The lowest BCUT2D eigenvalue weighted by Crippen LogP contribution is -2.38. The van der Waals surface area contributed by atoms with Crippen LogP contribution in [0.25, 0.3) is 0 Å². The van der Waals surface area contributed by atoms with Crippen LogP contribution in [-0.2, 0) is 6.61 Å². The second kappa shape index (κ2) is 10.4. The van der Waals surface area contributed by atoms with E-state index in [4.69, 9.17) is 43.8 Å². The minimum atomic E-state index is -0.279. The van der Waals surface area contributed by atoms with E-state index in [0.717, 1.165) is 0 Å². The van der Waals surface area contributed by atoms with E-state index in [2.05, 4.69) is 15.0 Å². The third kappa shape index (κ3) is 5.04. The quantitative estimate of drug-likeness (QED) is 0.268. The number of aromatic nitrogens is 3. The van der Waals surface area contributed by atoms with Crippen LogP contribution in [0.2, 0.25) is 10.0 Å². The second-order valence-corrected chi connectivity index (χ2v) is 8.88. The summed E-state index contributed by atoms with van der Waals surface area (Å²) in [5, 5.41) is 9.63. The fraction of sp³-hybridized carbons (Fsp3) is 0.115. The Labute approximate surface area is 222 Å². The first-order valence-corrected chi connectivity index (χ1v) is 11.9. The van der Waals surface area contributed by atoms with Gasteiger partial charge in [0.15, 0.2) is 0 Å². The molecular formula is C26H20Cl2N6O3. The van der Waals surface area contributed by atoms with Gasteiger partial charge in [-0.2, -0.15) is 0 Å². The van der Waals surface area contributed by atoms with E-state index in [-0.39, 0.29) is 18.2 Å². The molecule has 4 heterocycles. The number of nitrogens with one attached hydrogen (secondary N) is 1. The minimum Gasteiger partial charge on any atom is -0.489 e. The first-order chi connectivity index (χ1) is 17.9. The topological polar surface area (TPSA) is 127 Å². The number of halogens is 2. The summed E-state index contributed by atoms with van der Waals surface area (Å²) in [7, 11) is 0. The maximum atomic E-state index is 13.1. The van der Waals surface area contributed by atoms with Gasteiger partial charge < -0.3 is 15.2 Å². The van der Waals surface area contributed by atoms with Gasteiger partial charge >= 0.3 is 0 Å². The highest BCUT2D eigenvalue weighted by Crippen LogP contribution is 2.33. The van der Waals surface area contributed by atoms with Crippen LogP contribution in [0.1, 0.15) is 27.2 Å². The number of ether oxygens (including phenoxy) is 2. The van der Waals surface area contributed by atoms with Gasteiger partial charge in [-0.1, -0.05) is 29.3 Å². The van der Waals surface area contributed by atoms with Crippen LogP contribution in [0.5, 0.6) is 11.6 Å². The number of carbonyl (C=O) groups excluding carboxylic acids is 1. The summed E-state index contributed by atoms with van der Waals surface area (Å²) in [6.07, 6.45) is 6.06. The Bertz CT molecular complexity index is 1480. The lowest BCUT2D eigenvalue weighted by molar-refractivity contribution is 0.0971. The van der Waals surface area contributed by atoms with Crippen molar-refractivity contribution in [1.29, 1.82) is 5.41 Å². The maximum absolute atomic E-state index is 13.1. The molecular weight excluding hydrogens is 515 g/mol. The highest BCUT2D eigenvalue weighted by atomic mass is 35.5. The van der Waals surface area contributed by atoms with Crippen LogP contribution in [-0.4, -0.2) is 39.7 Å². The number of carbonyl (C=O) groups is 1. The van der Waals surface area contributed by atoms with Gasteiger partial charge in [-0.3, -0.25) is 25.1 Å². The van der Waals surface area contributed by atoms with Crippen molar-refractivity contribution < 1.29 is 14.3 Å². The number of hydrogen-bond donors (Lipinski definition) is 2. The molecule has 0 bridgehead atoms. The Morgan fingerprint density at radius 2 is 1.92 bits per heavy atom. The largest absolute Gasteiger partial charge is 0.489 e. The molecule has 0 aliphatic carbocycles. The number of rotatable bonds is 6. The third-order valence-corrected chi connectivity index (χ3v) is 6.38. The molecule has 4 aromatic rings. The molecule has 3 aromatic heterocycles.